The first kappa shape index (κ1) is 9.98. The largest absolute Gasteiger partial charge is 0.396 e. The zero-order valence-electron chi connectivity index (χ0n) is 8.70. The van der Waals surface area contributed by atoms with E-state index in [0.717, 1.165) is 23.5 Å². The average Bonchev–Trinajstić information content (AvgIpc) is 2.68. The fourth-order valence-corrected chi connectivity index (χ4v) is 1.37. The summed E-state index contributed by atoms with van der Waals surface area (Å²) in [7, 11) is 0. The Kier molecular flexibility index (Phi) is 2.87. The lowest BCUT2D eigenvalue weighted by atomic mass is 10.2. The van der Waals surface area contributed by atoms with E-state index >= 15 is 0 Å². The second-order valence-electron chi connectivity index (χ2n) is 3.77. The van der Waals surface area contributed by atoms with Gasteiger partial charge < -0.3 is 15.4 Å². The van der Waals surface area contributed by atoms with Gasteiger partial charge in [0, 0.05) is 13.2 Å². The molecule has 0 amide bonds. The Labute approximate surface area is 88.3 Å². The number of imidazole rings is 1. The van der Waals surface area contributed by atoms with E-state index in [1.807, 2.05) is 31.2 Å². The lowest BCUT2D eigenvalue weighted by molar-refractivity contribution is 0.244. The molecule has 4 nitrogen and oxygen atoms in total. The number of hydrogen-bond acceptors (Lipinski definition) is 3. The van der Waals surface area contributed by atoms with Crippen molar-refractivity contribution in [2.24, 2.45) is 5.92 Å². The average molecular weight is 205 g/mol. The van der Waals surface area contributed by atoms with Crippen LogP contribution in [0.25, 0.3) is 11.0 Å². The maximum atomic E-state index is 8.88. The maximum absolute atomic E-state index is 8.88. The highest BCUT2D eigenvalue weighted by molar-refractivity contribution is 5.77. The quantitative estimate of drug-likeness (QED) is 0.710. The molecule has 3 N–H and O–H groups in total. The zero-order chi connectivity index (χ0) is 10.7. The number of para-hydroxylation sites is 2. The second kappa shape index (κ2) is 4.31. The molecule has 0 bridgehead atoms. The molecule has 1 heterocycles. The number of nitrogens with one attached hydrogen (secondary N) is 2. The fourth-order valence-electron chi connectivity index (χ4n) is 1.37. The van der Waals surface area contributed by atoms with E-state index in [2.05, 4.69) is 15.3 Å². The highest BCUT2D eigenvalue weighted by Crippen LogP contribution is 2.13. The lowest BCUT2D eigenvalue weighted by Gasteiger charge is -2.07. The Morgan fingerprint density at radius 2 is 2.27 bits per heavy atom. The fraction of sp³-hybridized carbons (Fsp3) is 0.364. The standard InChI is InChI=1S/C11H15N3O/c1-8(7-15)6-12-11-13-9-4-2-3-5-10(9)14-11/h2-5,8,15H,6-7H2,1H3,(H2,12,13,14). The summed E-state index contributed by atoms with van der Waals surface area (Å²) in [4.78, 5) is 7.54. The summed E-state index contributed by atoms with van der Waals surface area (Å²) in [5.74, 6) is 0.995. The van der Waals surface area contributed by atoms with Crippen LogP contribution in [0.15, 0.2) is 24.3 Å². The number of aliphatic hydroxyl groups is 1. The van der Waals surface area contributed by atoms with Gasteiger partial charge in [0.15, 0.2) is 0 Å². The summed E-state index contributed by atoms with van der Waals surface area (Å²) in [5, 5.41) is 12.0. The molecule has 0 fully saturated rings. The zero-order valence-corrected chi connectivity index (χ0v) is 8.70. The molecular weight excluding hydrogens is 190 g/mol. The minimum absolute atomic E-state index is 0.188. The molecule has 1 atom stereocenters. The van der Waals surface area contributed by atoms with Crippen LogP contribution in [-0.4, -0.2) is 28.2 Å². The number of aromatic nitrogens is 2. The van der Waals surface area contributed by atoms with Gasteiger partial charge in [0.05, 0.1) is 11.0 Å². The van der Waals surface area contributed by atoms with Crippen molar-refractivity contribution >= 4 is 17.0 Å². The highest BCUT2D eigenvalue weighted by atomic mass is 16.3. The van der Waals surface area contributed by atoms with Crippen LogP contribution in [0.4, 0.5) is 5.95 Å². The van der Waals surface area contributed by atoms with Crippen molar-refractivity contribution in [1.29, 1.82) is 0 Å². The van der Waals surface area contributed by atoms with Crippen molar-refractivity contribution < 1.29 is 5.11 Å². The van der Waals surface area contributed by atoms with Crippen LogP contribution in [0, 0.1) is 5.92 Å². The monoisotopic (exact) mass is 205 g/mol. The first-order chi connectivity index (χ1) is 7.29. The van der Waals surface area contributed by atoms with Gasteiger partial charge in [-0.3, -0.25) is 0 Å². The SMILES string of the molecule is CC(CO)CNc1nc2ccccc2[nH]1. The number of nitrogens with zero attached hydrogens (tertiary/aromatic N) is 1. The molecule has 0 radical (unpaired) electrons. The van der Waals surface area contributed by atoms with Gasteiger partial charge in [-0.25, -0.2) is 4.98 Å². The van der Waals surface area contributed by atoms with E-state index in [1.54, 1.807) is 0 Å². The predicted octanol–water partition coefficient (Wildman–Crippen LogP) is 1.60. The van der Waals surface area contributed by atoms with E-state index < -0.39 is 0 Å². The Balaban J connectivity index is 2.09. The molecule has 1 aromatic carbocycles. The molecule has 0 aliphatic heterocycles. The summed E-state index contributed by atoms with van der Waals surface area (Å²) in [5.41, 5.74) is 1.98. The van der Waals surface area contributed by atoms with Crippen LogP contribution >= 0.6 is 0 Å². The van der Waals surface area contributed by atoms with Gasteiger partial charge in [0.1, 0.15) is 0 Å². The van der Waals surface area contributed by atoms with Crippen molar-refractivity contribution in [3.63, 3.8) is 0 Å². The van der Waals surface area contributed by atoms with E-state index in [9.17, 15) is 0 Å². The van der Waals surface area contributed by atoms with Crippen molar-refractivity contribution in [2.75, 3.05) is 18.5 Å². The molecule has 0 saturated heterocycles. The molecule has 0 aliphatic carbocycles. The summed E-state index contributed by atoms with van der Waals surface area (Å²) >= 11 is 0. The first-order valence-electron chi connectivity index (χ1n) is 5.09. The first-order valence-corrected chi connectivity index (χ1v) is 5.09. The molecule has 4 heteroatoms. The Hall–Kier alpha value is -1.55. The van der Waals surface area contributed by atoms with E-state index in [0.29, 0.717) is 0 Å². The molecule has 0 spiro atoms. The van der Waals surface area contributed by atoms with Crippen LogP contribution in [0.2, 0.25) is 0 Å². The van der Waals surface area contributed by atoms with Gasteiger partial charge in [0.25, 0.3) is 0 Å². The third-order valence-electron chi connectivity index (χ3n) is 2.32. The number of benzene rings is 1. The summed E-state index contributed by atoms with van der Waals surface area (Å²) in [6.07, 6.45) is 0. The number of aromatic amines is 1. The van der Waals surface area contributed by atoms with Crippen LogP contribution in [-0.2, 0) is 0 Å². The van der Waals surface area contributed by atoms with Crippen LogP contribution < -0.4 is 5.32 Å². The van der Waals surface area contributed by atoms with Crippen LogP contribution in [0.1, 0.15) is 6.92 Å². The van der Waals surface area contributed by atoms with E-state index in [4.69, 9.17) is 5.11 Å². The number of H-pyrrole nitrogens is 1. The lowest BCUT2D eigenvalue weighted by Crippen LogP contribution is -2.15. The summed E-state index contributed by atoms with van der Waals surface area (Å²) in [6.45, 7) is 2.89. The van der Waals surface area contributed by atoms with Gasteiger partial charge in [0.2, 0.25) is 5.95 Å². The number of hydrogen-bond donors (Lipinski definition) is 3. The van der Waals surface area contributed by atoms with Crippen LogP contribution in [0.3, 0.4) is 0 Å². The highest BCUT2D eigenvalue weighted by Gasteiger charge is 2.03. The molecule has 0 saturated carbocycles. The van der Waals surface area contributed by atoms with Gasteiger partial charge in [-0.05, 0) is 18.1 Å². The molecule has 1 unspecified atom stereocenters. The number of fused-ring (bicyclic) bond motifs is 1. The van der Waals surface area contributed by atoms with Crippen molar-refractivity contribution in [2.45, 2.75) is 6.92 Å². The maximum Gasteiger partial charge on any atom is 0.201 e. The van der Waals surface area contributed by atoms with Crippen molar-refractivity contribution in [1.82, 2.24) is 9.97 Å². The number of aliphatic hydroxyl groups excluding tert-OH is 1. The van der Waals surface area contributed by atoms with Crippen molar-refractivity contribution in [3.8, 4) is 0 Å². The third kappa shape index (κ3) is 2.27. The van der Waals surface area contributed by atoms with Crippen molar-refractivity contribution in [3.05, 3.63) is 24.3 Å². The minimum atomic E-state index is 0.188. The topological polar surface area (TPSA) is 60.9 Å². The molecule has 2 rings (SSSR count). The molecule has 0 aliphatic rings. The van der Waals surface area contributed by atoms with E-state index in [1.165, 1.54) is 0 Å². The predicted molar refractivity (Wildman–Crippen MR) is 60.8 cm³/mol. The smallest absolute Gasteiger partial charge is 0.201 e. The van der Waals surface area contributed by atoms with Gasteiger partial charge in [-0.15, -0.1) is 0 Å². The van der Waals surface area contributed by atoms with Crippen LogP contribution in [0.5, 0.6) is 0 Å². The Morgan fingerprint density at radius 1 is 1.47 bits per heavy atom. The Morgan fingerprint density at radius 3 is 3.00 bits per heavy atom. The summed E-state index contributed by atoms with van der Waals surface area (Å²) in [6, 6.07) is 7.89. The van der Waals surface area contributed by atoms with Gasteiger partial charge in [-0.2, -0.15) is 0 Å². The summed E-state index contributed by atoms with van der Waals surface area (Å²) < 4.78 is 0. The molecular formula is C11H15N3O. The minimum Gasteiger partial charge on any atom is -0.396 e. The normalized spacial score (nSPS) is 12.9. The molecule has 2 aromatic rings. The number of rotatable bonds is 4. The molecule has 1 aromatic heterocycles. The third-order valence-corrected chi connectivity index (χ3v) is 2.32. The van der Waals surface area contributed by atoms with E-state index in [-0.39, 0.29) is 12.5 Å². The van der Waals surface area contributed by atoms with Gasteiger partial charge >= 0.3 is 0 Å². The Bertz CT molecular complexity index is 405. The van der Waals surface area contributed by atoms with Gasteiger partial charge in [-0.1, -0.05) is 19.1 Å². The number of anilines is 1. The second-order valence-corrected chi connectivity index (χ2v) is 3.77. The molecule has 80 valence electrons. The molecule has 15 heavy (non-hydrogen) atoms.